The zero-order chi connectivity index (χ0) is 25.1. The molecule has 0 aromatic heterocycles. The van der Waals surface area contributed by atoms with Crippen LogP contribution in [-0.2, 0) is 20.9 Å². The van der Waals surface area contributed by atoms with Gasteiger partial charge in [0.25, 0.3) is 11.6 Å². The van der Waals surface area contributed by atoms with Crippen LogP contribution in [0.15, 0.2) is 54.2 Å². The fraction of sp³-hybridized carbons (Fsp3) is 0.385. The Kier molecular flexibility index (Phi) is 6.86. The Labute approximate surface area is 208 Å². The van der Waals surface area contributed by atoms with Gasteiger partial charge in [0, 0.05) is 68.7 Å². The van der Waals surface area contributed by atoms with Crippen LogP contribution in [0.3, 0.4) is 0 Å². The van der Waals surface area contributed by atoms with Gasteiger partial charge in [0.05, 0.1) is 16.2 Å². The first-order valence-corrected chi connectivity index (χ1v) is 12.2. The van der Waals surface area contributed by atoms with E-state index in [9.17, 15) is 19.7 Å². The predicted octanol–water partition coefficient (Wildman–Crippen LogP) is 3.46. The van der Waals surface area contributed by atoms with Gasteiger partial charge in [0.2, 0.25) is 0 Å². The number of non-ortho nitro benzene ring substituents is 1. The zero-order valence-electron chi connectivity index (χ0n) is 19.9. The second kappa shape index (κ2) is 10.4. The van der Waals surface area contributed by atoms with Crippen molar-refractivity contribution in [2.75, 3.05) is 37.7 Å². The van der Waals surface area contributed by atoms with Crippen LogP contribution in [0.1, 0.15) is 30.4 Å². The SMILES string of the molecule is O=C(OCc1ccccc1)N1CCN/C(=C2\C(=O)N(C3CCOCC3)c3ccc([N+](=O)[O-])cc32)CC1. The summed E-state index contributed by atoms with van der Waals surface area (Å²) >= 11 is 0. The van der Waals surface area contributed by atoms with Crippen molar-refractivity contribution in [1.29, 1.82) is 0 Å². The smallest absolute Gasteiger partial charge is 0.410 e. The molecule has 2 amide bonds. The maximum atomic E-state index is 13.7. The van der Waals surface area contributed by atoms with Crippen LogP contribution < -0.4 is 10.2 Å². The Morgan fingerprint density at radius 1 is 1.14 bits per heavy atom. The molecule has 0 aliphatic carbocycles. The van der Waals surface area contributed by atoms with Gasteiger partial charge in [-0.05, 0) is 24.5 Å². The number of hydrogen-bond acceptors (Lipinski definition) is 7. The van der Waals surface area contributed by atoms with E-state index in [1.165, 1.54) is 12.1 Å². The molecule has 2 saturated heterocycles. The van der Waals surface area contributed by atoms with Crippen molar-refractivity contribution >= 4 is 28.9 Å². The standard InChI is InChI=1S/C26H28N4O6/c31-25-24(21-16-20(30(33)34)6-7-23(21)29(25)19-9-14-35-15-10-19)22-8-12-28(13-11-27-22)26(32)36-17-18-4-2-1-3-5-18/h1-7,16,19,27H,8-15,17H2/b24-22-. The summed E-state index contributed by atoms with van der Waals surface area (Å²) in [5, 5.41) is 14.8. The van der Waals surface area contributed by atoms with Crippen LogP contribution in [-0.4, -0.2) is 60.7 Å². The number of nitrogens with one attached hydrogen (secondary N) is 1. The van der Waals surface area contributed by atoms with Crippen molar-refractivity contribution in [1.82, 2.24) is 10.2 Å². The van der Waals surface area contributed by atoms with Gasteiger partial charge in [0.15, 0.2) is 0 Å². The average molecular weight is 493 g/mol. The van der Waals surface area contributed by atoms with Gasteiger partial charge in [-0.1, -0.05) is 30.3 Å². The molecule has 3 aliphatic heterocycles. The summed E-state index contributed by atoms with van der Waals surface area (Å²) < 4.78 is 11.0. The maximum Gasteiger partial charge on any atom is 0.410 e. The van der Waals surface area contributed by atoms with Gasteiger partial charge in [-0.15, -0.1) is 0 Å². The van der Waals surface area contributed by atoms with E-state index < -0.39 is 11.0 Å². The largest absolute Gasteiger partial charge is 0.445 e. The molecule has 0 atom stereocenters. The summed E-state index contributed by atoms with van der Waals surface area (Å²) in [6, 6.07) is 14.0. The predicted molar refractivity (Wildman–Crippen MR) is 132 cm³/mol. The first-order valence-electron chi connectivity index (χ1n) is 12.2. The Morgan fingerprint density at radius 3 is 2.67 bits per heavy atom. The van der Waals surface area contributed by atoms with Gasteiger partial charge < -0.3 is 24.6 Å². The van der Waals surface area contributed by atoms with Gasteiger partial charge >= 0.3 is 6.09 Å². The third kappa shape index (κ3) is 4.76. The van der Waals surface area contributed by atoms with Crippen LogP contribution in [0.4, 0.5) is 16.2 Å². The molecule has 0 bridgehead atoms. The number of benzene rings is 2. The minimum Gasteiger partial charge on any atom is -0.445 e. The van der Waals surface area contributed by atoms with Crippen LogP contribution in [0.2, 0.25) is 0 Å². The number of rotatable bonds is 4. The summed E-state index contributed by atoms with van der Waals surface area (Å²) in [6.45, 7) is 2.56. The van der Waals surface area contributed by atoms with Crippen LogP contribution in [0.5, 0.6) is 0 Å². The van der Waals surface area contributed by atoms with Crippen molar-refractivity contribution in [3.8, 4) is 0 Å². The number of carbonyl (C=O) groups excluding carboxylic acids is 2. The van der Waals surface area contributed by atoms with Crippen molar-refractivity contribution in [2.24, 2.45) is 0 Å². The molecule has 0 spiro atoms. The Bertz CT molecular complexity index is 1190. The molecule has 0 unspecified atom stereocenters. The molecular formula is C26H28N4O6. The highest BCUT2D eigenvalue weighted by molar-refractivity contribution is 6.33. The summed E-state index contributed by atoms with van der Waals surface area (Å²) in [4.78, 5) is 40.9. The second-order valence-electron chi connectivity index (χ2n) is 9.03. The Balaban J connectivity index is 1.38. The van der Waals surface area contributed by atoms with E-state index in [4.69, 9.17) is 9.47 Å². The lowest BCUT2D eigenvalue weighted by atomic mass is 10.0. The molecule has 0 radical (unpaired) electrons. The molecule has 2 fully saturated rings. The highest BCUT2D eigenvalue weighted by Crippen LogP contribution is 2.43. The Hall–Kier alpha value is -3.92. The lowest BCUT2D eigenvalue weighted by Gasteiger charge is -2.31. The van der Waals surface area contributed by atoms with Crippen molar-refractivity contribution in [3.63, 3.8) is 0 Å². The van der Waals surface area contributed by atoms with Crippen molar-refractivity contribution in [3.05, 3.63) is 75.5 Å². The number of amides is 2. The average Bonchev–Trinajstić information content (AvgIpc) is 3.03. The minimum atomic E-state index is -0.449. The molecule has 3 aliphatic rings. The van der Waals surface area contributed by atoms with E-state index in [0.29, 0.717) is 74.6 Å². The highest BCUT2D eigenvalue weighted by Gasteiger charge is 2.40. The maximum absolute atomic E-state index is 13.7. The van der Waals surface area contributed by atoms with Gasteiger partial charge in [-0.25, -0.2) is 4.79 Å². The second-order valence-corrected chi connectivity index (χ2v) is 9.03. The first kappa shape index (κ1) is 23.8. The number of nitrogens with zero attached hydrogens (tertiary/aromatic N) is 3. The molecule has 5 rings (SSSR count). The van der Waals surface area contributed by atoms with E-state index in [1.807, 2.05) is 30.3 Å². The van der Waals surface area contributed by atoms with Crippen LogP contribution in [0, 0.1) is 10.1 Å². The molecule has 2 aromatic carbocycles. The molecule has 10 heteroatoms. The lowest BCUT2D eigenvalue weighted by Crippen LogP contribution is -2.41. The van der Waals surface area contributed by atoms with E-state index in [-0.39, 0.29) is 24.2 Å². The van der Waals surface area contributed by atoms with Gasteiger partial charge in [-0.2, -0.15) is 0 Å². The topological polar surface area (TPSA) is 114 Å². The third-order valence-corrected chi connectivity index (χ3v) is 6.83. The molecule has 188 valence electrons. The highest BCUT2D eigenvalue weighted by atomic mass is 16.6. The number of hydrogen-bond donors (Lipinski definition) is 1. The van der Waals surface area contributed by atoms with E-state index in [0.717, 1.165) is 5.56 Å². The monoisotopic (exact) mass is 492 g/mol. The molecule has 3 heterocycles. The molecule has 2 aromatic rings. The summed E-state index contributed by atoms with van der Waals surface area (Å²) in [6.07, 6.45) is 1.41. The number of carbonyl (C=O) groups is 2. The van der Waals surface area contributed by atoms with Crippen LogP contribution in [0.25, 0.3) is 5.57 Å². The first-order chi connectivity index (χ1) is 17.5. The van der Waals surface area contributed by atoms with E-state index in [2.05, 4.69) is 5.32 Å². The third-order valence-electron chi connectivity index (χ3n) is 6.83. The molecule has 10 nitrogen and oxygen atoms in total. The van der Waals surface area contributed by atoms with Crippen LogP contribution >= 0.6 is 0 Å². The quantitative estimate of drug-likeness (QED) is 0.395. The molecular weight excluding hydrogens is 464 g/mol. The minimum absolute atomic E-state index is 0.0280. The fourth-order valence-electron chi connectivity index (χ4n) is 4.99. The van der Waals surface area contributed by atoms with Gasteiger partial charge in [0.1, 0.15) is 6.61 Å². The number of ether oxygens (including phenoxy) is 2. The summed E-state index contributed by atoms with van der Waals surface area (Å²) in [5.74, 6) is -0.167. The Morgan fingerprint density at radius 2 is 1.92 bits per heavy atom. The normalized spacial score (nSPS) is 20.5. The van der Waals surface area contributed by atoms with Gasteiger partial charge in [-0.3, -0.25) is 14.9 Å². The molecule has 36 heavy (non-hydrogen) atoms. The number of fused-ring (bicyclic) bond motifs is 1. The van der Waals surface area contributed by atoms with Crippen molar-refractivity contribution < 1.29 is 24.0 Å². The number of nitro groups is 1. The summed E-state index contributed by atoms with van der Waals surface area (Å²) in [7, 11) is 0. The fourth-order valence-corrected chi connectivity index (χ4v) is 4.99. The molecule has 0 saturated carbocycles. The lowest BCUT2D eigenvalue weighted by molar-refractivity contribution is -0.384. The van der Waals surface area contributed by atoms with E-state index in [1.54, 1.807) is 15.9 Å². The van der Waals surface area contributed by atoms with E-state index >= 15 is 0 Å². The number of nitro benzene ring substituents is 1. The number of anilines is 1. The zero-order valence-corrected chi connectivity index (χ0v) is 19.9. The molecule has 1 N–H and O–H groups in total. The summed E-state index contributed by atoms with van der Waals surface area (Å²) in [5.41, 5.74) is 3.22. The van der Waals surface area contributed by atoms with Crippen molar-refractivity contribution in [2.45, 2.75) is 31.9 Å².